The summed E-state index contributed by atoms with van der Waals surface area (Å²) in [6.07, 6.45) is 2.93. The molecule has 0 spiro atoms. The van der Waals surface area contributed by atoms with Crippen LogP contribution in [0.2, 0.25) is 0 Å². The molecule has 1 aromatic carbocycles. The summed E-state index contributed by atoms with van der Waals surface area (Å²) >= 11 is 0. The predicted molar refractivity (Wildman–Crippen MR) is 102 cm³/mol. The lowest BCUT2D eigenvalue weighted by atomic mass is 9.88. The van der Waals surface area contributed by atoms with Gasteiger partial charge >= 0.3 is 6.03 Å². The van der Waals surface area contributed by atoms with Gasteiger partial charge in [-0.05, 0) is 30.4 Å². The molecule has 3 heterocycles. The molecule has 0 aromatic heterocycles. The smallest absolute Gasteiger partial charge is 0.320 e. The molecule has 28 heavy (non-hydrogen) atoms. The van der Waals surface area contributed by atoms with Gasteiger partial charge in [-0.2, -0.15) is 0 Å². The Bertz CT molecular complexity index is 770. The van der Waals surface area contributed by atoms with E-state index in [-0.39, 0.29) is 42.7 Å². The van der Waals surface area contributed by atoms with Crippen molar-refractivity contribution in [3.05, 3.63) is 35.4 Å². The molecule has 1 aliphatic carbocycles. The van der Waals surface area contributed by atoms with E-state index < -0.39 is 0 Å². The Morgan fingerprint density at radius 1 is 1.18 bits per heavy atom. The number of hydrogen-bond donors (Lipinski definition) is 2. The number of nitrogens with zero attached hydrogens (tertiary/aromatic N) is 2. The zero-order chi connectivity index (χ0) is 19.3. The van der Waals surface area contributed by atoms with Crippen molar-refractivity contribution in [3.63, 3.8) is 0 Å². The summed E-state index contributed by atoms with van der Waals surface area (Å²) in [6, 6.07) is 8.54. The number of aliphatic hydroxyl groups excluding tert-OH is 1. The summed E-state index contributed by atoms with van der Waals surface area (Å²) in [5.74, 6) is 0.273. The Morgan fingerprint density at radius 3 is 2.61 bits per heavy atom. The molecule has 2 atom stereocenters. The van der Waals surface area contributed by atoms with Crippen LogP contribution in [0.15, 0.2) is 24.3 Å². The van der Waals surface area contributed by atoms with E-state index >= 15 is 0 Å². The average molecular weight is 385 g/mol. The zero-order valence-corrected chi connectivity index (χ0v) is 16.0. The van der Waals surface area contributed by atoms with Crippen molar-refractivity contribution in [2.45, 2.75) is 42.7 Å². The van der Waals surface area contributed by atoms with E-state index in [2.05, 4.69) is 29.6 Å². The minimum absolute atomic E-state index is 0.00448. The van der Waals surface area contributed by atoms with Crippen LogP contribution >= 0.6 is 0 Å². The van der Waals surface area contributed by atoms with Gasteiger partial charge in [0.25, 0.3) is 0 Å². The molecule has 1 saturated carbocycles. The molecule has 1 aromatic rings. The second-order valence-electron chi connectivity index (χ2n) is 8.70. The molecule has 0 bridgehead atoms. The molecule has 7 nitrogen and oxygen atoms in total. The number of morpholine rings is 1. The summed E-state index contributed by atoms with van der Waals surface area (Å²) in [5, 5.41) is 12.5. The van der Waals surface area contributed by atoms with Gasteiger partial charge in [0.15, 0.2) is 0 Å². The minimum atomic E-state index is -0.0998. The van der Waals surface area contributed by atoms with Crippen molar-refractivity contribution in [3.8, 4) is 0 Å². The largest absolute Gasteiger partial charge is 0.395 e. The van der Waals surface area contributed by atoms with E-state index in [1.807, 2.05) is 9.80 Å². The van der Waals surface area contributed by atoms with Gasteiger partial charge in [0, 0.05) is 37.5 Å². The van der Waals surface area contributed by atoms with E-state index in [1.54, 1.807) is 0 Å². The van der Waals surface area contributed by atoms with E-state index in [0.717, 1.165) is 32.4 Å². The van der Waals surface area contributed by atoms with E-state index in [1.165, 1.54) is 11.1 Å². The maximum atomic E-state index is 12.8. The second-order valence-corrected chi connectivity index (χ2v) is 8.70. The van der Waals surface area contributed by atoms with Gasteiger partial charge in [0.2, 0.25) is 5.91 Å². The molecule has 4 fully saturated rings. The van der Waals surface area contributed by atoms with E-state index in [0.29, 0.717) is 19.0 Å². The fourth-order valence-electron chi connectivity index (χ4n) is 4.72. The first-order valence-electron chi connectivity index (χ1n) is 10.2. The summed E-state index contributed by atoms with van der Waals surface area (Å²) in [5.41, 5.74) is 2.49. The predicted octanol–water partition coefficient (Wildman–Crippen LogP) is 0.819. The number of nitrogens with one attached hydrogen (secondary N) is 1. The van der Waals surface area contributed by atoms with Crippen LogP contribution in [-0.2, 0) is 14.9 Å². The maximum absolute atomic E-state index is 12.8. The first-order chi connectivity index (χ1) is 13.6. The molecule has 1 unspecified atom stereocenters. The molecule has 3 aliphatic heterocycles. The number of fused-ring (bicyclic) bond motifs is 1. The van der Waals surface area contributed by atoms with Crippen LogP contribution in [-0.4, -0.2) is 78.4 Å². The molecule has 2 N–H and O–H groups in total. The monoisotopic (exact) mass is 385 g/mol. The molecule has 7 heteroatoms. The summed E-state index contributed by atoms with van der Waals surface area (Å²) in [4.78, 5) is 28.1. The molecule has 0 radical (unpaired) electrons. The Labute approximate surface area is 164 Å². The molecule has 3 saturated heterocycles. The van der Waals surface area contributed by atoms with Crippen LogP contribution in [0.1, 0.15) is 36.3 Å². The number of carbonyl (C=O) groups excluding carboxylic acids is 2. The topological polar surface area (TPSA) is 82.1 Å². The summed E-state index contributed by atoms with van der Waals surface area (Å²) in [7, 11) is 0. The highest BCUT2D eigenvalue weighted by Gasteiger charge is 2.44. The number of aliphatic hydroxyl groups is 1. The number of rotatable bonds is 3. The van der Waals surface area contributed by atoms with Crippen LogP contribution in [0.5, 0.6) is 0 Å². The lowest BCUT2D eigenvalue weighted by molar-refractivity contribution is -0.139. The SMILES string of the molecule is O=C1CO[C@H]2CCN(C(=O)N3CC(c4ccc(C5(CO)CC5)cc4)C3)CC2N1. The van der Waals surface area contributed by atoms with Crippen LogP contribution in [0.4, 0.5) is 4.79 Å². The van der Waals surface area contributed by atoms with Crippen molar-refractivity contribution < 1.29 is 19.4 Å². The number of amides is 3. The Kier molecular flexibility index (Phi) is 4.32. The first kappa shape index (κ1) is 17.9. The number of ether oxygens (including phenoxy) is 1. The van der Waals surface area contributed by atoms with Crippen molar-refractivity contribution in [2.24, 2.45) is 0 Å². The number of urea groups is 1. The molecule has 150 valence electrons. The zero-order valence-electron chi connectivity index (χ0n) is 16.0. The van der Waals surface area contributed by atoms with E-state index in [9.17, 15) is 14.7 Å². The fraction of sp³-hybridized carbons (Fsp3) is 0.619. The normalized spacial score (nSPS) is 29.0. The van der Waals surface area contributed by atoms with Gasteiger partial charge in [-0.15, -0.1) is 0 Å². The van der Waals surface area contributed by atoms with E-state index in [4.69, 9.17) is 4.74 Å². The number of likely N-dealkylation sites (tertiary alicyclic amines) is 2. The fourth-order valence-corrected chi connectivity index (χ4v) is 4.72. The molecular formula is C21H27N3O4. The highest BCUT2D eigenvalue weighted by atomic mass is 16.5. The van der Waals surface area contributed by atoms with Gasteiger partial charge in [0.1, 0.15) is 6.61 Å². The highest BCUT2D eigenvalue weighted by Crippen LogP contribution is 2.47. The Hall–Kier alpha value is -2.12. The molecule has 4 aliphatic rings. The summed E-state index contributed by atoms with van der Waals surface area (Å²) < 4.78 is 5.56. The van der Waals surface area contributed by atoms with Crippen molar-refractivity contribution in [1.29, 1.82) is 0 Å². The number of piperidine rings is 1. The molecular weight excluding hydrogens is 358 g/mol. The third-order valence-electron chi connectivity index (χ3n) is 6.90. The van der Waals surface area contributed by atoms with Crippen LogP contribution < -0.4 is 5.32 Å². The highest BCUT2D eigenvalue weighted by molar-refractivity contribution is 5.79. The minimum Gasteiger partial charge on any atom is -0.395 e. The summed E-state index contributed by atoms with van der Waals surface area (Å²) in [6.45, 7) is 3.01. The third-order valence-corrected chi connectivity index (χ3v) is 6.90. The standard InChI is InChI=1S/C21H27N3O4/c25-13-21(6-7-21)16-3-1-14(2-4-16)15-9-24(10-15)20(27)23-8-5-18-17(11-23)22-19(26)12-28-18/h1-4,15,17-18,25H,5-13H2,(H,22,26)/t17?,18-/m0/s1. The van der Waals surface area contributed by atoms with Crippen LogP contribution in [0.3, 0.4) is 0 Å². The Morgan fingerprint density at radius 2 is 1.93 bits per heavy atom. The number of carbonyl (C=O) groups is 2. The maximum Gasteiger partial charge on any atom is 0.320 e. The van der Waals surface area contributed by atoms with Gasteiger partial charge < -0.3 is 25.0 Å². The average Bonchev–Trinajstić information content (AvgIpc) is 3.48. The van der Waals surface area contributed by atoms with Crippen molar-refractivity contribution >= 4 is 11.9 Å². The lowest BCUT2D eigenvalue weighted by Gasteiger charge is -2.46. The quantitative estimate of drug-likeness (QED) is 0.807. The van der Waals surface area contributed by atoms with Crippen LogP contribution in [0.25, 0.3) is 0 Å². The lowest BCUT2D eigenvalue weighted by Crippen LogP contribution is -2.63. The van der Waals surface area contributed by atoms with Crippen molar-refractivity contribution in [2.75, 3.05) is 39.4 Å². The van der Waals surface area contributed by atoms with Gasteiger partial charge in [-0.25, -0.2) is 4.79 Å². The molecule has 3 amide bonds. The third kappa shape index (κ3) is 3.06. The molecule has 5 rings (SSSR count). The Balaban J connectivity index is 1.16. The van der Waals surface area contributed by atoms with Crippen molar-refractivity contribution in [1.82, 2.24) is 15.1 Å². The number of hydrogen-bond acceptors (Lipinski definition) is 4. The number of benzene rings is 1. The van der Waals surface area contributed by atoms with Gasteiger partial charge in [0.05, 0.1) is 18.8 Å². The second kappa shape index (κ2) is 6.74. The first-order valence-corrected chi connectivity index (χ1v) is 10.2. The van der Waals surface area contributed by atoms with Crippen LogP contribution in [0, 0.1) is 0 Å². The van der Waals surface area contributed by atoms with Gasteiger partial charge in [-0.3, -0.25) is 4.79 Å². The van der Waals surface area contributed by atoms with Gasteiger partial charge in [-0.1, -0.05) is 24.3 Å².